The maximum absolute atomic E-state index is 13.9. The second-order valence-electron chi connectivity index (χ2n) is 8.78. The number of halogens is 1. The van der Waals surface area contributed by atoms with Crippen LogP contribution in [0.5, 0.6) is 11.5 Å². The van der Waals surface area contributed by atoms with Gasteiger partial charge in [0.2, 0.25) is 0 Å². The highest BCUT2D eigenvalue weighted by Crippen LogP contribution is 2.45. The number of unbranched alkanes of at least 4 members (excludes halogenated alkanes) is 1. The minimum Gasteiger partial charge on any atom is -0.507 e. The Morgan fingerprint density at radius 2 is 1.87 bits per heavy atom. The Labute approximate surface area is 222 Å². The summed E-state index contributed by atoms with van der Waals surface area (Å²) in [6, 6.07) is 16.9. The van der Waals surface area contributed by atoms with Crippen LogP contribution in [0.3, 0.4) is 0 Å². The first-order valence-corrected chi connectivity index (χ1v) is 13.0. The number of hydrogen-bond acceptors (Lipinski definition) is 7. The summed E-state index contributed by atoms with van der Waals surface area (Å²) in [7, 11) is 1.52. The van der Waals surface area contributed by atoms with Crippen molar-refractivity contribution >= 4 is 44.1 Å². The number of fused-ring (bicyclic) bond motifs is 1. The van der Waals surface area contributed by atoms with Crippen LogP contribution in [0.4, 0.5) is 9.52 Å². The lowest BCUT2D eigenvalue weighted by molar-refractivity contribution is -0.132. The number of aromatic nitrogens is 1. The van der Waals surface area contributed by atoms with Gasteiger partial charge in [0.1, 0.15) is 23.1 Å². The molecule has 1 unspecified atom stereocenters. The summed E-state index contributed by atoms with van der Waals surface area (Å²) in [5.74, 6) is -1.38. The van der Waals surface area contributed by atoms with E-state index in [4.69, 9.17) is 9.47 Å². The molecule has 1 aromatic heterocycles. The topological polar surface area (TPSA) is 89.0 Å². The van der Waals surface area contributed by atoms with E-state index in [-0.39, 0.29) is 16.5 Å². The monoisotopic (exact) mass is 532 g/mol. The molecule has 1 saturated heterocycles. The highest BCUT2D eigenvalue weighted by atomic mass is 32.1. The molecule has 0 saturated carbocycles. The van der Waals surface area contributed by atoms with Crippen molar-refractivity contribution in [3.8, 4) is 11.5 Å². The van der Waals surface area contributed by atoms with Crippen LogP contribution in [0.2, 0.25) is 0 Å². The van der Waals surface area contributed by atoms with Crippen molar-refractivity contribution < 1.29 is 28.6 Å². The number of rotatable bonds is 8. The minimum atomic E-state index is -0.986. The number of nitrogens with zero attached hydrogens (tertiary/aromatic N) is 2. The Morgan fingerprint density at radius 3 is 2.66 bits per heavy atom. The first-order valence-electron chi connectivity index (χ1n) is 12.2. The van der Waals surface area contributed by atoms with Crippen molar-refractivity contribution in [1.82, 2.24) is 4.98 Å². The average Bonchev–Trinajstić information content (AvgIpc) is 3.46. The van der Waals surface area contributed by atoms with Gasteiger partial charge in [-0.3, -0.25) is 14.5 Å². The molecule has 3 aromatic carbocycles. The second-order valence-corrected chi connectivity index (χ2v) is 9.79. The fourth-order valence-electron chi connectivity index (χ4n) is 4.37. The Hall–Kier alpha value is -4.24. The molecule has 9 heteroatoms. The zero-order valence-electron chi connectivity index (χ0n) is 20.8. The number of aliphatic hydroxyl groups is 1. The fraction of sp³-hybridized carbons (Fsp3) is 0.207. The number of methoxy groups -OCH3 is 1. The van der Waals surface area contributed by atoms with Crippen LogP contribution in [-0.2, 0) is 9.59 Å². The van der Waals surface area contributed by atoms with Gasteiger partial charge in [-0.1, -0.05) is 48.9 Å². The van der Waals surface area contributed by atoms with Crippen molar-refractivity contribution in [3.63, 3.8) is 0 Å². The van der Waals surface area contributed by atoms with E-state index in [0.29, 0.717) is 39.4 Å². The Balaban J connectivity index is 1.66. The van der Waals surface area contributed by atoms with Gasteiger partial charge in [-0.05, 0) is 54.4 Å². The molecule has 5 rings (SSSR count). The van der Waals surface area contributed by atoms with Crippen LogP contribution in [0.15, 0.2) is 72.3 Å². The SMILES string of the molecule is CCCCOc1cccc(/C(O)=C2\C(=O)C(=O)N(c3nc4ccc(F)cc4s3)C2c2cccc(OC)c2)c1. The molecule has 1 N–H and O–H groups in total. The van der Waals surface area contributed by atoms with Gasteiger partial charge in [0.05, 0.1) is 35.5 Å². The number of Topliss-reactive ketones (excluding diaryl/α,β-unsaturated/α-hetero) is 1. The predicted molar refractivity (Wildman–Crippen MR) is 144 cm³/mol. The number of thiazole rings is 1. The summed E-state index contributed by atoms with van der Waals surface area (Å²) in [5.41, 5.74) is 1.30. The standard InChI is InChI=1S/C29H25FN2O5S/c1-3-4-13-37-21-10-6-8-18(15-21)26(33)24-25(17-7-5-9-20(14-17)36-2)32(28(35)27(24)34)29-31-22-12-11-19(30)16-23(22)38-29/h5-12,14-16,25,33H,3-4,13H2,1-2H3/b26-24+. The molecule has 38 heavy (non-hydrogen) atoms. The van der Waals surface area contributed by atoms with Gasteiger partial charge in [0.25, 0.3) is 5.78 Å². The largest absolute Gasteiger partial charge is 0.507 e. The fourth-order valence-corrected chi connectivity index (χ4v) is 5.39. The van der Waals surface area contributed by atoms with Crippen molar-refractivity contribution in [3.05, 3.63) is 89.2 Å². The first kappa shape index (κ1) is 25.4. The van der Waals surface area contributed by atoms with E-state index in [1.54, 1.807) is 48.5 Å². The predicted octanol–water partition coefficient (Wildman–Crippen LogP) is 6.25. The van der Waals surface area contributed by atoms with Gasteiger partial charge in [-0.15, -0.1) is 0 Å². The first-order chi connectivity index (χ1) is 18.4. The van der Waals surface area contributed by atoms with E-state index in [1.807, 2.05) is 0 Å². The summed E-state index contributed by atoms with van der Waals surface area (Å²) in [4.78, 5) is 32.7. The Kier molecular flexibility index (Phi) is 7.11. The van der Waals surface area contributed by atoms with Crippen LogP contribution < -0.4 is 14.4 Å². The Bertz CT molecular complexity index is 1560. The molecule has 1 fully saturated rings. The van der Waals surface area contributed by atoms with Crippen LogP contribution >= 0.6 is 11.3 Å². The number of amides is 1. The van der Waals surface area contributed by atoms with Crippen LogP contribution in [-0.4, -0.2) is 35.5 Å². The number of ketones is 1. The summed E-state index contributed by atoms with van der Waals surface area (Å²) < 4.78 is 25.5. The zero-order chi connectivity index (χ0) is 26.8. The van der Waals surface area contributed by atoms with Gasteiger partial charge in [-0.2, -0.15) is 0 Å². The number of hydrogen-bond donors (Lipinski definition) is 1. The lowest BCUT2D eigenvalue weighted by Crippen LogP contribution is -2.29. The summed E-state index contributed by atoms with van der Waals surface area (Å²) in [6.07, 6.45) is 1.85. The van der Waals surface area contributed by atoms with E-state index >= 15 is 0 Å². The Morgan fingerprint density at radius 1 is 1.08 bits per heavy atom. The third kappa shape index (κ3) is 4.72. The highest BCUT2D eigenvalue weighted by molar-refractivity contribution is 7.22. The molecule has 1 aliphatic heterocycles. The lowest BCUT2D eigenvalue weighted by Gasteiger charge is -2.23. The highest BCUT2D eigenvalue weighted by Gasteiger charge is 2.48. The quantitative estimate of drug-likeness (QED) is 0.125. The number of carbonyl (C=O) groups excluding carboxylic acids is 2. The molecular formula is C29H25FN2O5S. The average molecular weight is 533 g/mol. The van der Waals surface area contributed by atoms with Crippen LogP contribution in [0.25, 0.3) is 16.0 Å². The third-order valence-electron chi connectivity index (χ3n) is 6.27. The molecular weight excluding hydrogens is 507 g/mol. The molecule has 0 radical (unpaired) electrons. The van der Waals surface area contributed by atoms with Gasteiger partial charge in [-0.25, -0.2) is 9.37 Å². The van der Waals surface area contributed by atoms with Crippen molar-refractivity contribution in [2.24, 2.45) is 0 Å². The van der Waals surface area contributed by atoms with Crippen molar-refractivity contribution in [2.75, 3.05) is 18.6 Å². The maximum atomic E-state index is 13.9. The van der Waals surface area contributed by atoms with E-state index in [1.165, 1.54) is 30.2 Å². The van der Waals surface area contributed by atoms with Gasteiger partial charge < -0.3 is 14.6 Å². The van der Waals surface area contributed by atoms with Crippen molar-refractivity contribution in [2.45, 2.75) is 25.8 Å². The van der Waals surface area contributed by atoms with Crippen LogP contribution in [0, 0.1) is 5.82 Å². The number of benzene rings is 3. The molecule has 0 bridgehead atoms. The number of ether oxygens (including phenoxy) is 2. The summed E-state index contributed by atoms with van der Waals surface area (Å²) >= 11 is 1.09. The zero-order valence-corrected chi connectivity index (χ0v) is 21.6. The second kappa shape index (κ2) is 10.6. The maximum Gasteiger partial charge on any atom is 0.301 e. The molecule has 0 aliphatic carbocycles. The van der Waals surface area contributed by atoms with Crippen LogP contribution in [0.1, 0.15) is 36.9 Å². The van der Waals surface area contributed by atoms with E-state index in [9.17, 15) is 19.1 Å². The number of aliphatic hydroxyl groups excluding tert-OH is 1. The number of carbonyl (C=O) groups is 2. The van der Waals surface area contributed by atoms with Crippen molar-refractivity contribution in [1.29, 1.82) is 0 Å². The molecule has 194 valence electrons. The van der Waals surface area contributed by atoms with Gasteiger partial charge in [0.15, 0.2) is 5.13 Å². The molecule has 1 amide bonds. The minimum absolute atomic E-state index is 0.0839. The molecule has 1 aliphatic rings. The van der Waals surface area contributed by atoms with E-state index < -0.39 is 23.5 Å². The number of anilines is 1. The molecule has 2 heterocycles. The third-order valence-corrected chi connectivity index (χ3v) is 7.29. The summed E-state index contributed by atoms with van der Waals surface area (Å²) in [5, 5.41) is 11.6. The molecule has 0 spiro atoms. The molecule has 4 aromatic rings. The van der Waals surface area contributed by atoms with E-state index in [0.717, 1.165) is 24.2 Å². The van der Waals surface area contributed by atoms with E-state index in [2.05, 4.69) is 11.9 Å². The molecule has 7 nitrogen and oxygen atoms in total. The summed E-state index contributed by atoms with van der Waals surface area (Å²) in [6.45, 7) is 2.58. The smallest absolute Gasteiger partial charge is 0.301 e. The lowest BCUT2D eigenvalue weighted by atomic mass is 9.95. The van der Waals surface area contributed by atoms with Gasteiger partial charge >= 0.3 is 5.91 Å². The van der Waals surface area contributed by atoms with Gasteiger partial charge in [0, 0.05) is 5.56 Å². The normalized spacial score (nSPS) is 16.8. The molecule has 1 atom stereocenters.